The summed E-state index contributed by atoms with van der Waals surface area (Å²) in [5, 5.41) is 102. The van der Waals surface area contributed by atoms with Gasteiger partial charge in [0.1, 0.15) is 89.8 Å². The van der Waals surface area contributed by atoms with Gasteiger partial charge in [-0.15, -0.1) is 0 Å². The summed E-state index contributed by atoms with van der Waals surface area (Å²) in [4.78, 5) is 211. The molecule has 0 aliphatic carbocycles. The highest BCUT2D eigenvalue weighted by Crippen LogP contribution is 2.19. The van der Waals surface area contributed by atoms with Crippen molar-refractivity contribution in [2.24, 2.45) is 52.0 Å². The maximum atomic E-state index is 15.0. The van der Waals surface area contributed by atoms with E-state index in [1.54, 1.807) is 32.9 Å². The maximum absolute atomic E-state index is 15.0. The van der Waals surface area contributed by atoms with E-state index in [-0.39, 0.29) is 125 Å². The number of aliphatic hydroxyl groups is 1. The van der Waals surface area contributed by atoms with Gasteiger partial charge in [0.2, 0.25) is 82.7 Å². The van der Waals surface area contributed by atoms with E-state index in [0.29, 0.717) is 11.1 Å². The molecule has 4 rings (SSSR count). The Kier molecular flexibility index (Phi) is 43.3. The predicted octanol–water partition coefficient (Wildman–Crippen LogP) is -5.67. The number of nitrogens with two attached hydrogens (primary N) is 7. The third kappa shape index (κ3) is 37.1. The van der Waals surface area contributed by atoms with Crippen LogP contribution in [0.4, 0.5) is 0 Å². The number of primary amides is 3. The summed E-state index contributed by atoms with van der Waals surface area (Å²) in [5.41, 5.74) is 41.1. The first-order valence-electron chi connectivity index (χ1n) is 40.6. The number of amides is 15. The number of nitrogens with one attached hydrogen (secondary N) is 18. The zero-order chi connectivity index (χ0) is 93.3. The van der Waals surface area contributed by atoms with Gasteiger partial charge in [0.05, 0.1) is 12.5 Å². The van der Waals surface area contributed by atoms with Crippen LogP contribution in [0.15, 0.2) is 97.1 Å². The summed E-state index contributed by atoms with van der Waals surface area (Å²) in [5.74, 6) is -18.7. The number of hydrogen-bond acceptors (Lipinski definition) is 23. The first-order valence-corrected chi connectivity index (χ1v) is 40.6. The smallest absolute Gasteiger partial charge is 0.251 e. The lowest BCUT2D eigenvalue weighted by Crippen LogP contribution is -2.63. The van der Waals surface area contributed by atoms with Gasteiger partial charge in [-0.2, -0.15) is 0 Å². The van der Waals surface area contributed by atoms with Crippen LogP contribution in [0.3, 0.4) is 0 Å². The number of benzene rings is 4. The fourth-order valence-corrected chi connectivity index (χ4v) is 12.5. The Morgan fingerprint density at radius 1 is 0.344 bits per heavy atom. The molecule has 0 unspecified atom stereocenters. The van der Waals surface area contributed by atoms with E-state index < -0.39 is 217 Å². The highest BCUT2D eigenvalue weighted by atomic mass is 16.3. The monoisotopic (exact) mass is 1750 g/mol. The lowest BCUT2D eigenvalue weighted by Gasteiger charge is -2.31. The average molecular weight is 1750 g/mol. The molecule has 125 heavy (non-hydrogen) atoms. The lowest BCUT2D eigenvalue weighted by molar-refractivity contribution is -0.138. The van der Waals surface area contributed by atoms with E-state index in [4.69, 9.17) is 56.4 Å². The second kappa shape index (κ2) is 52.4. The van der Waals surface area contributed by atoms with Gasteiger partial charge in [0.15, 0.2) is 17.9 Å². The lowest BCUT2D eigenvalue weighted by atomic mass is 9.96. The quantitative estimate of drug-likeness (QED) is 0.0111. The zero-order valence-electron chi connectivity index (χ0n) is 70.6. The van der Waals surface area contributed by atoms with Crippen molar-refractivity contribution in [3.8, 4) is 17.2 Å². The van der Waals surface area contributed by atoms with Gasteiger partial charge in [0, 0.05) is 57.4 Å². The highest BCUT2D eigenvalue weighted by molar-refractivity contribution is 6.02. The molecule has 0 aliphatic rings. The van der Waals surface area contributed by atoms with E-state index in [1.807, 2.05) is 0 Å². The van der Waals surface area contributed by atoms with Gasteiger partial charge in [-0.3, -0.25) is 88.1 Å². The third-order valence-electron chi connectivity index (χ3n) is 20.1. The Morgan fingerprint density at radius 2 is 0.648 bits per heavy atom. The van der Waals surface area contributed by atoms with Crippen LogP contribution in [-0.2, 0) is 92.9 Å². The van der Waals surface area contributed by atoms with Crippen LogP contribution in [0.1, 0.15) is 145 Å². The van der Waals surface area contributed by atoms with E-state index in [0.717, 1.165) is 12.5 Å². The molecule has 15 amide bonds. The first-order chi connectivity index (χ1) is 59.0. The Bertz CT molecular complexity index is 4370. The van der Waals surface area contributed by atoms with Crippen LogP contribution >= 0.6 is 0 Å². The van der Waals surface area contributed by atoms with E-state index >= 15 is 0 Å². The van der Waals surface area contributed by atoms with Crippen LogP contribution in [0.25, 0.3) is 0 Å². The van der Waals surface area contributed by atoms with Gasteiger partial charge in [-0.25, -0.2) is 0 Å². The maximum Gasteiger partial charge on any atom is 0.251 e. The second-order valence-electron chi connectivity index (χ2n) is 30.2. The SMILES string of the molecule is CC[C@H](C)[C@H](NC(=O)[C@H](Cc1ccc(O)cc1)NC(=O)[C@H](C)NC(=O)[C@H](CCCNC(=N)N)NC(=O)c1ccc(CN)cc1)C(=O)N[C@@H](CC(N)=O)C(=O)N[C@@H](Cc1ccc(O)cc1)C(=O)N[C@H](C(=O)N[C@H](C(=O)N[C@@H](CCCNC(=N)N)C(=O)N[C@@H](CCC(N)=O)C(=O)N[C@@H](CCCNC(=N)N)C(=O)N[C@@H](Cc1ccc(O)cc1)C(N)=O)[C@@H](C)O)[C@@H](C)CC. The summed E-state index contributed by atoms with van der Waals surface area (Å²) < 4.78 is 0. The highest BCUT2D eigenvalue weighted by Gasteiger charge is 2.40. The molecule has 4 aromatic rings. The topological polar surface area (TPSA) is 771 Å². The standard InChI is InChI=1S/C81H121N25O19/c1-7-41(3)63(104-74(121)58(37-46-19-27-51(109)28-20-46)101-67(114)43(5)95-69(116)53(12-9-33-92-79(86)87)96-68(115)49-23-15-48(40-82)16-24-49)76(123)103-60(39-62(84)112)73(120)102-59(38-47-21-29-52(110)30-22-47)75(122)105-64(42(4)8-2)77(124)106-65(44(6)107)78(125)99-55(14-11-35-94-81(90)91)70(117)98-56(31-32-61(83)111)72(119)97-54(13-10-34-93-80(88)89)71(118)100-57(66(85)113)36-45-17-25-50(108)26-18-45/h15-30,41-44,53-60,63-65,107-110H,7-14,31-40,82H2,1-6H3,(H2,83,111)(H2,84,112)(H2,85,113)(H,95,116)(H,96,115)(H,97,119)(H,98,117)(H,99,125)(H,100,118)(H,101,114)(H,102,120)(H,103,123)(H,104,121)(H,105,122)(H,106,124)(H4,86,87,92)(H4,88,89,93)(H4,90,91,94)/t41-,42-,43-,44+,53-,54-,55-,56-,57-,58-,59-,60-,63-,64-,65-/m0/s1. The number of hydrogen-bond donors (Lipinski definition) is 29. The third-order valence-corrected chi connectivity index (χ3v) is 20.1. The first kappa shape index (κ1) is 103. The molecule has 44 heteroatoms. The molecule has 0 bridgehead atoms. The Labute approximate surface area is 722 Å². The van der Waals surface area contributed by atoms with E-state index in [2.05, 4.69) is 79.8 Å². The Morgan fingerprint density at radius 3 is 1.02 bits per heavy atom. The molecule has 0 aromatic heterocycles. The number of aliphatic hydroxyl groups excluding tert-OH is 1. The fourth-order valence-electron chi connectivity index (χ4n) is 12.5. The number of rotatable bonds is 54. The summed E-state index contributed by atoms with van der Waals surface area (Å²) in [6.07, 6.45) is -4.69. The molecule has 0 saturated heterocycles. The van der Waals surface area contributed by atoms with Crippen LogP contribution in [0, 0.1) is 28.1 Å². The minimum Gasteiger partial charge on any atom is -0.508 e. The van der Waals surface area contributed by atoms with E-state index in [1.165, 1.54) is 98.8 Å². The van der Waals surface area contributed by atoms with Crippen LogP contribution in [0.5, 0.6) is 17.2 Å². The molecular weight excluding hydrogens is 1630 g/mol. The van der Waals surface area contributed by atoms with E-state index in [9.17, 15) is 92.3 Å². The molecule has 0 fully saturated rings. The molecule has 44 nitrogen and oxygen atoms in total. The molecular formula is C81H121N25O19. The average Bonchev–Trinajstić information content (AvgIpc) is 0.845. The molecule has 0 heterocycles. The van der Waals surface area contributed by atoms with Gasteiger partial charge in [0.25, 0.3) is 5.91 Å². The minimum atomic E-state index is -1.98. The number of phenols is 3. The van der Waals surface area contributed by atoms with Crippen molar-refractivity contribution >= 4 is 106 Å². The summed E-state index contributed by atoms with van der Waals surface area (Å²) in [6, 6.07) is 3.32. The fraction of sp³-hybridized carbons (Fsp3) is 0.481. The van der Waals surface area contributed by atoms with Crippen molar-refractivity contribution in [3.63, 3.8) is 0 Å². The molecule has 15 atom stereocenters. The van der Waals surface area contributed by atoms with Crippen LogP contribution in [0.2, 0.25) is 0 Å². The molecule has 4 aromatic carbocycles. The van der Waals surface area contributed by atoms with Crippen molar-refractivity contribution in [3.05, 3.63) is 125 Å². The molecule has 0 spiro atoms. The summed E-state index contributed by atoms with van der Waals surface area (Å²) >= 11 is 0. The molecule has 36 N–H and O–H groups in total. The summed E-state index contributed by atoms with van der Waals surface area (Å²) in [7, 11) is 0. The van der Waals surface area contributed by atoms with Gasteiger partial charge < -0.3 is 140 Å². The number of phenolic OH excluding ortho intramolecular Hbond substituents is 3. The normalized spacial score (nSPS) is 14.6. The predicted molar refractivity (Wildman–Crippen MR) is 457 cm³/mol. The number of guanidine groups is 3. The van der Waals surface area contributed by atoms with Crippen LogP contribution < -0.4 is 120 Å². The molecule has 0 saturated carbocycles. The van der Waals surface area contributed by atoms with Crippen molar-refractivity contribution in [2.45, 2.75) is 217 Å². The second-order valence-corrected chi connectivity index (χ2v) is 30.2. The largest absolute Gasteiger partial charge is 0.508 e. The van der Waals surface area contributed by atoms with Gasteiger partial charge in [-0.1, -0.05) is 89.1 Å². The number of carbonyl (C=O) groups is 15. The van der Waals surface area contributed by atoms with Crippen molar-refractivity contribution < 1.29 is 92.3 Å². The zero-order valence-corrected chi connectivity index (χ0v) is 70.6. The van der Waals surface area contributed by atoms with Crippen molar-refractivity contribution in [1.29, 1.82) is 16.2 Å². The minimum absolute atomic E-state index is 0.00443. The van der Waals surface area contributed by atoms with Gasteiger partial charge in [-0.05, 0) is 141 Å². The molecule has 684 valence electrons. The molecule has 0 aliphatic heterocycles. The van der Waals surface area contributed by atoms with Crippen LogP contribution in [-0.4, -0.2) is 225 Å². The Hall–Kier alpha value is -13.9. The molecule has 0 radical (unpaired) electrons. The van der Waals surface area contributed by atoms with Crippen molar-refractivity contribution in [2.75, 3.05) is 19.6 Å². The number of aromatic hydroxyl groups is 3. The Balaban J connectivity index is 1.65. The van der Waals surface area contributed by atoms with Crippen molar-refractivity contribution in [1.82, 2.24) is 79.8 Å². The van der Waals surface area contributed by atoms with Gasteiger partial charge >= 0.3 is 0 Å². The number of carbonyl (C=O) groups excluding carboxylic acids is 15. The summed E-state index contributed by atoms with van der Waals surface area (Å²) in [6.45, 7) is 9.04.